The minimum absolute atomic E-state index is 0.0380. The van der Waals surface area contributed by atoms with E-state index in [0.717, 1.165) is 31.4 Å². The lowest BCUT2D eigenvalue weighted by molar-refractivity contribution is -0.154. The van der Waals surface area contributed by atoms with Crippen molar-refractivity contribution in [1.82, 2.24) is 9.47 Å². The molecule has 0 unspecified atom stereocenters. The maximum absolute atomic E-state index is 13.3. The molecule has 26 heavy (non-hydrogen) atoms. The maximum Gasteiger partial charge on any atom is 0.307 e. The van der Waals surface area contributed by atoms with Crippen molar-refractivity contribution in [3.05, 3.63) is 34.2 Å². The van der Waals surface area contributed by atoms with Crippen molar-refractivity contribution in [1.29, 1.82) is 0 Å². The molecule has 3 heterocycles. The number of carbonyl (C=O) groups excluding carboxylic acids is 1. The minimum atomic E-state index is -0.801. The Kier molecular flexibility index (Phi) is 3.52. The molecule has 2 aliphatic heterocycles. The summed E-state index contributed by atoms with van der Waals surface area (Å²) >= 11 is 0. The van der Waals surface area contributed by atoms with Gasteiger partial charge in [-0.3, -0.25) is 14.4 Å². The van der Waals surface area contributed by atoms with E-state index in [4.69, 9.17) is 0 Å². The minimum Gasteiger partial charge on any atom is -0.481 e. The van der Waals surface area contributed by atoms with Crippen LogP contribution in [0.25, 0.3) is 0 Å². The van der Waals surface area contributed by atoms with E-state index in [1.807, 2.05) is 15.5 Å². The van der Waals surface area contributed by atoms with Crippen LogP contribution in [0, 0.1) is 29.6 Å². The summed E-state index contributed by atoms with van der Waals surface area (Å²) in [5, 5.41) is 9.67. The van der Waals surface area contributed by atoms with Gasteiger partial charge in [0.15, 0.2) is 0 Å². The van der Waals surface area contributed by atoms with Crippen molar-refractivity contribution in [2.24, 2.45) is 29.6 Å². The fourth-order valence-electron chi connectivity index (χ4n) is 6.29. The van der Waals surface area contributed by atoms with Gasteiger partial charge in [-0.1, -0.05) is 6.07 Å². The molecule has 6 atom stereocenters. The largest absolute Gasteiger partial charge is 0.481 e. The Bertz CT molecular complexity index is 831. The average Bonchev–Trinajstić information content (AvgIpc) is 3.23. The molecule has 1 amide bonds. The topological polar surface area (TPSA) is 79.6 Å². The fourth-order valence-corrected chi connectivity index (χ4v) is 6.29. The molecule has 6 nitrogen and oxygen atoms in total. The van der Waals surface area contributed by atoms with E-state index in [-0.39, 0.29) is 41.1 Å². The number of hydrogen-bond acceptors (Lipinski definition) is 3. The Labute approximate surface area is 151 Å². The molecule has 3 fully saturated rings. The van der Waals surface area contributed by atoms with Gasteiger partial charge in [-0.2, -0.15) is 0 Å². The number of carboxylic acids is 1. The SMILES string of the molecule is O=C(O)[C@H]1[C@H]2CC[C@@H](C2)[C@@H]1C(=O)N1C[C@H]2C[C@@H](C1)c1cccc(=O)n1C2. The van der Waals surface area contributed by atoms with E-state index in [1.165, 1.54) is 0 Å². The van der Waals surface area contributed by atoms with Crippen molar-refractivity contribution in [3.63, 3.8) is 0 Å². The highest BCUT2D eigenvalue weighted by Gasteiger charge is 2.55. The number of aliphatic carboxylic acids is 1. The molecule has 4 aliphatic rings. The van der Waals surface area contributed by atoms with Crippen LogP contribution in [0.15, 0.2) is 23.0 Å². The van der Waals surface area contributed by atoms with Crippen LogP contribution in [-0.2, 0) is 16.1 Å². The molecule has 0 spiro atoms. The highest BCUT2D eigenvalue weighted by molar-refractivity contribution is 5.86. The van der Waals surface area contributed by atoms with Crippen molar-refractivity contribution < 1.29 is 14.7 Å². The second-order valence-electron chi connectivity index (χ2n) is 8.66. The summed E-state index contributed by atoms with van der Waals surface area (Å²) < 4.78 is 1.86. The third-order valence-electron chi connectivity index (χ3n) is 7.28. The molecular formula is C20H24N2O4. The third kappa shape index (κ3) is 2.27. The van der Waals surface area contributed by atoms with Crippen LogP contribution in [0.2, 0.25) is 0 Å². The highest BCUT2D eigenvalue weighted by Crippen LogP contribution is 2.53. The summed E-state index contributed by atoms with van der Waals surface area (Å²) in [6.45, 7) is 1.92. The first-order chi connectivity index (χ1) is 12.5. The van der Waals surface area contributed by atoms with Crippen molar-refractivity contribution in [2.45, 2.75) is 38.1 Å². The van der Waals surface area contributed by atoms with Crippen LogP contribution in [0.4, 0.5) is 0 Å². The van der Waals surface area contributed by atoms with Gasteiger partial charge in [0, 0.05) is 37.3 Å². The number of rotatable bonds is 2. The molecule has 1 aromatic heterocycles. The molecule has 6 heteroatoms. The van der Waals surface area contributed by atoms with Gasteiger partial charge in [-0.05, 0) is 49.5 Å². The van der Waals surface area contributed by atoms with Gasteiger partial charge >= 0.3 is 5.97 Å². The Hall–Kier alpha value is -2.11. The Balaban J connectivity index is 1.41. The molecule has 1 N–H and O–H groups in total. The number of carboxylic acid groups (broad SMARTS) is 1. The first-order valence-corrected chi connectivity index (χ1v) is 9.74. The molecule has 0 aromatic carbocycles. The molecule has 2 saturated carbocycles. The summed E-state index contributed by atoms with van der Waals surface area (Å²) in [5.74, 6) is -0.716. The van der Waals surface area contributed by atoms with Crippen LogP contribution in [0.1, 0.15) is 37.3 Å². The molecule has 2 aliphatic carbocycles. The summed E-state index contributed by atoms with van der Waals surface area (Å²) in [5.41, 5.74) is 1.06. The van der Waals surface area contributed by atoms with Crippen LogP contribution in [0.5, 0.6) is 0 Å². The van der Waals surface area contributed by atoms with Crippen LogP contribution in [-0.4, -0.2) is 39.5 Å². The zero-order valence-electron chi connectivity index (χ0n) is 14.7. The number of nitrogens with zero attached hydrogens (tertiary/aromatic N) is 2. The van der Waals surface area contributed by atoms with Gasteiger partial charge in [-0.15, -0.1) is 0 Å². The molecule has 4 bridgehead atoms. The van der Waals surface area contributed by atoms with Crippen LogP contribution >= 0.6 is 0 Å². The van der Waals surface area contributed by atoms with Crippen molar-refractivity contribution in [3.8, 4) is 0 Å². The average molecular weight is 356 g/mol. The van der Waals surface area contributed by atoms with E-state index in [1.54, 1.807) is 12.1 Å². The van der Waals surface area contributed by atoms with Crippen LogP contribution < -0.4 is 5.56 Å². The van der Waals surface area contributed by atoms with Gasteiger partial charge in [-0.25, -0.2) is 0 Å². The number of piperidine rings is 1. The van der Waals surface area contributed by atoms with Gasteiger partial charge < -0.3 is 14.6 Å². The molecule has 138 valence electrons. The molecular weight excluding hydrogens is 332 g/mol. The van der Waals surface area contributed by atoms with Gasteiger partial charge in [0.05, 0.1) is 11.8 Å². The monoisotopic (exact) mass is 356 g/mol. The first-order valence-electron chi connectivity index (χ1n) is 9.74. The van der Waals surface area contributed by atoms with Gasteiger partial charge in [0.2, 0.25) is 5.91 Å². The Morgan fingerprint density at radius 1 is 1.00 bits per heavy atom. The molecule has 1 saturated heterocycles. The number of amides is 1. The molecule has 1 aromatic rings. The lowest BCUT2D eigenvalue weighted by Gasteiger charge is -2.44. The number of likely N-dealkylation sites (tertiary alicyclic amines) is 1. The number of aromatic nitrogens is 1. The quantitative estimate of drug-likeness (QED) is 0.872. The summed E-state index contributed by atoms with van der Waals surface area (Å²) in [7, 11) is 0. The summed E-state index contributed by atoms with van der Waals surface area (Å²) in [6, 6.07) is 5.39. The van der Waals surface area contributed by atoms with Crippen LogP contribution in [0.3, 0.4) is 0 Å². The highest BCUT2D eigenvalue weighted by atomic mass is 16.4. The predicted octanol–water partition coefficient (Wildman–Crippen LogP) is 1.54. The van der Waals surface area contributed by atoms with E-state index < -0.39 is 11.9 Å². The summed E-state index contributed by atoms with van der Waals surface area (Å²) in [6.07, 6.45) is 3.84. The van der Waals surface area contributed by atoms with E-state index in [2.05, 4.69) is 0 Å². The molecule has 0 radical (unpaired) electrons. The van der Waals surface area contributed by atoms with E-state index >= 15 is 0 Å². The third-order valence-corrected chi connectivity index (χ3v) is 7.28. The fraction of sp³-hybridized carbons (Fsp3) is 0.650. The van der Waals surface area contributed by atoms with Crippen molar-refractivity contribution in [2.75, 3.05) is 13.1 Å². The standard InChI is InChI=1S/C20H24N2O4/c23-16-3-1-2-15-14-6-11(9-22(15)16)8-21(10-14)19(24)17-12-4-5-13(7-12)18(17)20(25)26/h1-3,11-14,17-18H,4-10H2,(H,25,26)/t11-,12+,13+,14+,17+,18+/m1/s1. The number of hydrogen-bond donors (Lipinski definition) is 1. The van der Waals surface area contributed by atoms with E-state index in [9.17, 15) is 19.5 Å². The zero-order chi connectivity index (χ0) is 18.0. The Morgan fingerprint density at radius 2 is 1.77 bits per heavy atom. The van der Waals surface area contributed by atoms with Gasteiger partial charge in [0.25, 0.3) is 5.56 Å². The molecule has 5 rings (SSSR count). The number of fused-ring (bicyclic) bond motifs is 6. The number of pyridine rings is 1. The predicted molar refractivity (Wildman–Crippen MR) is 93.6 cm³/mol. The van der Waals surface area contributed by atoms with Crippen molar-refractivity contribution >= 4 is 11.9 Å². The summed E-state index contributed by atoms with van der Waals surface area (Å²) in [4.78, 5) is 39.1. The first kappa shape index (κ1) is 16.1. The smallest absolute Gasteiger partial charge is 0.307 e. The Morgan fingerprint density at radius 3 is 2.54 bits per heavy atom. The zero-order valence-corrected chi connectivity index (χ0v) is 14.7. The second kappa shape index (κ2) is 5.69. The number of carbonyl (C=O) groups is 2. The van der Waals surface area contributed by atoms with Gasteiger partial charge in [0.1, 0.15) is 0 Å². The second-order valence-corrected chi connectivity index (χ2v) is 8.66. The lowest BCUT2D eigenvalue weighted by Crippen LogP contribution is -2.52. The maximum atomic E-state index is 13.3. The van der Waals surface area contributed by atoms with E-state index in [0.29, 0.717) is 19.6 Å². The lowest BCUT2D eigenvalue weighted by atomic mass is 9.77. The normalized spacial score (nSPS) is 37.5.